The van der Waals surface area contributed by atoms with Crippen LogP contribution < -0.4 is 5.32 Å². The van der Waals surface area contributed by atoms with Crippen LogP contribution in [0.15, 0.2) is 48.7 Å². The summed E-state index contributed by atoms with van der Waals surface area (Å²) in [5, 5.41) is 14.7. The molecule has 2 aliphatic rings. The maximum Gasteiger partial charge on any atom is 0.120 e. The molecule has 0 atom stereocenters. The van der Waals surface area contributed by atoms with Crippen molar-refractivity contribution in [3.05, 3.63) is 59.2 Å². The van der Waals surface area contributed by atoms with Crippen molar-refractivity contribution in [3.8, 4) is 5.75 Å². The molecule has 0 saturated carbocycles. The largest absolute Gasteiger partial charge is 0.508 e. The van der Waals surface area contributed by atoms with Gasteiger partial charge in [0.25, 0.3) is 0 Å². The van der Waals surface area contributed by atoms with Crippen LogP contribution in [0.2, 0.25) is 5.02 Å². The van der Waals surface area contributed by atoms with Gasteiger partial charge in [0.15, 0.2) is 0 Å². The Balaban J connectivity index is 0.000000188. The minimum absolute atomic E-state index is 0.274. The van der Waals surface area contributed by atoms with E-state index in [1.54, 1.807) is 12.3 Å². The molecule has 2 aliphatic heterocycles. The van der Waals surface area contributed by atoms with Gasteiger partial charge in [-0.1, -0.05) is 17.7 Å². The standard InChI is InChI=1S/C16H13ClN2O.C8H15N/c1-10-2-4-12(9-16(10)20)19-14-6-7-18-15-8-11(17)3-5-13(14)15;1-8-4-2-6-9(8)7-3-5-8/h2-9,20H,1H3,(H,18,19);2-7H2,1H3. The number of pyridine rings is 1. The molecule has 1 aromatic heterocycles. The fraction of sp³-hybridized carbons (Fsp3) is 0.375. The van der Waals surface area contributed by atoms with Crippen molar-refractivity contribution in [2.24, 2.45) is 0 Å². The summed E-state index contributed by atoms with van der Waals surface area (Å²) in [6.07, 6.45) is 7.52. The molecule has 29 heavy (non-hydrogen) atoms. The Bertz CT molecular complexity index is 1010. The third-order valence-electron chi connectivity index (χ3n) is 6.24. The van der Waals surface area contributed by atoms with Gasteiger partial charge in [-0.05, 0) is 88.5 Å². The Labute approximate surface area is 177 Å². The Morgan fingerprint density at radius 1 is 1.07 bits per heavy atom. The monoisotopic (exact) mass is 409 g/mol. The summed E-state index contributed by atoms with van der Waals surface area (Å²) in [4.78, 5) is 6.96. The van der Waals surface area contributed by atoms with Crippen LogP contribution in [0.5, 0.6) is 5.75 Å². The normalized spacial score (nSPS) is 17.6. The van der Waals surface area contributed by atoms with Crippen LogP contribution in [0.4, 0.5) is 11.4 Å². The molecule has 2 saturated heterocycles. The lowest BCUT2D eigenvalue weighted by molar-refractivity contribution is 0.218. The van der Waals surface area contributed by atoms with Gasteiger partial charge >= 0.3 is 0 Å². The van der Waals surface area contributed by atoms with Crippen LogP contribution in [0.1, 0.15) is 38.2 Å². The van der Waals surface area contributed by atoms with Crippen molar-refractivity contribution in [1.29, 1.82) is 0 Å². The van der Waals surface area contributed by atoms with Gasteiger partial charge in [-0.25, -0.2) is 0 Å². The van der Waals surface area contributed by atoms with E-state index in [9.17, 15) is 5.11 Å². The van der Waals surface area contributed by atoms with Gasteiger partial charge in [-0.3, -0.25) is 9.88 Å². The zero-order chi connectivity index (χ0) is 20.4. The van der Waals surface area contributed by atoms with Gasteiger partial charge in [0.2, 0.25) is 0 Å². The molecular formula is C24H28ClN3O. The number of aryl methyl sites for hydroxylation is 1. The van der Waals surface area contributed by atoms with Gasteiger partial charge in [0.1, 0.15) is 5.75 Å². The van der Waals surface area contributed by atoms with Gasteiger partial charge in [-0.15, -0.1) is 0 Å². The topological polar surface area (TPSA) is 48.4 Å². The molecule has 2 fully saturated rings. The zero-order valence-electron chi connectivity index (χ0n) is 17.1. The number of aromatic hydroxyl groups is 1. The number of fused-ring (bicyclic) bond motifs is 2. The number of aromatic nitrogens is 1. The Morgan fingerprint density at radius 3 is 2.52 bits per heavy atom. The van der Waals surface area contributed by atoms with Crippen LogP contribution in [0, 0.1) is 6.92 Å². The van der Waals surface area contributed by atoms with Crippen LogP contribution >= 0.6 is 11.6 Å². The van der Waals surface area contributed by atoms with Crippen molar-refractivity contribution >= 4 is 33.9 Å². The first-order valence-electron chi connectivity index (χ1n) is 10.3. The number of benzene rings is 2. The highest BCUT2D eigenvalue weighted by atomic mass is 35.5. The first-order valence-corrected chi connectivity index (χ1v) is 10.7. The molecular weight excluding hydrogens is 382 g/mol. The predicted octanol–water partition coefficient (Wildman–Crippen LogP) is 6.28. The first-order chi connectivity index (χ1) is 13.9. The predicted molar refractivity (Wildman–Crippen MR) is 121 cm³/mol. The quantitative estimate of drug-likeness (QED) is 0.522. The van der Waals surface area contributed by atoms with Gasteiger partial charge in [0, 0.05) is 39.6 Å². The molecule has 0 bridgehead atoms. The molecule has 0 aliphatic carbocycles. The number of halogens is 1. The van der Waals surface area contributed by atoms with Crippen LogP contribution in [0.25, 0.3) is 10.9 Å². The van der Waals surface area contributed by atoms with Gasteiger partial charge < -0.3 is 10.4 Å². The molecule has 3 heterocycles. The molecule has 0 unspecified atom stereocenters. The number of hydrogen-bond acceptors (Lipinski definition) is 4. The van der Waals surface area contributed by atoms with E-state index in [0.717, 1.165) is 27.8 Å². The van der Waals surface area contributed by atoms with E-state index in [2.05, 4.69) is 22.1 Å². The van der Waals surface area contributed by atoms with Crippen molar-refractivity contribution in [3.63, 3.8) is 0 Å². The third-order valence-corrected chi connectivity index (χ3v) is 6.48. The molecule has 2 N–H and O–H groups in total. The van der Waals surface area contributed by atoms with E-state index in [1.807, 2.05) is 43.3 Å². The van der Waals surface area contributed by atoms with Gasteiger partial charge in [-0.2, -0.15) is 0 Å². The molecule has 3 aromatic rings. The van der Waals surface area contributed by atoms with E-state index in [1.165, 1.54) is 38.8 Å². The minimum Gasteiger partial charge on any atom is -0.508 e. The van der Waals surface area contributed by atoms with E-state index < -0.39 is 0 Å². The van der Waals surface area contributed by atoms with Gasteiger partial charge in [0.05, 0.1) is 5.52 Å². The van der Waals surface area contributed by atoms with Crippen molar-refractivity contribution in [2.75, 3.05) is 18.4 Å². The number of phenols is 1. The molecule has 5 heteroatoms. The number of rotatable bonds is 2. The summed E-state index contributed by atoms with van der Waals surface area (Å²) in [6, 6.07) is 13.0. The van der Waals surface area contributed by atoms with E-state index >= 15 is 0 Å². The Morgan fingerprint density at radius 2 is 1.83 bits per heavy atom. The third kappa shape index (κ3) is 4.34. The highest BCUT2D eigenvalue weighted by Crippen LogP contribution is 2.37. The average molecular weight is 410 g/mol. The summed E-state index contributed by atoms with van der Waals surface area (Å²) < 4.78 is 0. The zero-order valence-corrected chi connectivity index (χ0v) is 17.8. The van der Waals surface area contributed by atoms with Crippen molar-refractivity contribution in [2.45, 2.75) is 45.1 Å². The molecule has 2 aromatic carbocycles. The first kappa shape index (κ1) is 20.0. The molecule has 4 nitrogen and oxygen atoms in total. The lowest BCUT2D eigenvalue weighted by atomic mass is 9.97. The lowest BCUT2D eigenvalue weighted by Gasteiger charge is -2.26. The highest BCUT2D eigenvalue weighted by molar-refractivity contribution is 6.31. The smallest absolute Gasteiger partial charge is 0.120 e. The second kappa shape index (κ2) is 8.21. The van der Waals surface area contributed by atoms with Crippen LogP contribution in [0.3, 0.4) is 0 Å². The Hall–Kier alpha value is -2.30. The number of anilines is 2. The van der Waals surface area contributed by atoms with Crippen LogP contribution in [-0.2, 0) is 0 Å². The lowest BCUT2D eigenvalue weighted by Crippen LogP contribution is -2.34. The second-order valence-electron chi connectivity index (χ2n) is 8.34. The summed E-state index contributed by atoms with van der Waals surface area (Å²) in [6.45, 7) is 7.03. The van der Waals surface area contributed by atoms with Crippen molar-refractivity contribution < 1.29 is 5.11 Å². The number of nitrogens with one attached hydrogen (secondary N) is 1. The number of nitrogens with zero attached hydrogens (tertiary/aromatic N) is 2. The fourth-order valence-corrected chi connectivity index (χ4v) is 4.63. The summed E-state index contributed by atoms with van der Waals surface area (Å²) in [5.41, 5.74) is 4.08. The summed E-state index contributed by atoms with van der Waals surface area (Å²) >= 11 is 5.98. The summed E-state index contributed by atoms with van der Waals surface area (Å²) in [5.74, 6) is 0.274. The number of phenolic OH excluding ortho intramolecular Hbond substituents is 1. The molecule has 0 spiro atoms. The highest BCUT2D eigenvalue weighted by Gasteiger charge is 2.39. The SMILES string of the molecule is CC12CCCN1CCC2.Cc1ccc(Nc2ccnc3cc(Cl)ccc23)cc1O. The Kier molecular flexibility index (Phi) is 5.66. The van der Waals surface area contributed by atoms with Crippen molar-refractivity contribution in [1.82, 2.24) is 9.88 Å². The second-order valence-corrected chi connectivity index (χ2v) is 8.77. The van der Waals surface area contributed by atoms with E-state index in [0.29, 0.717) is 10.6 Å². The van der Waals surface area contributed by atoms with E-state index in [4.69, 9.17) is 11.6 Å². The number of hydrogen-bond donors (Lipinski definition) is 2. The molecule has 0 radical (unpaired) electrons. The summed E-state index contributed by atoms with van der Waals surface area (Å²) in [7, 11) is 0. The maximum atomic E-state index is 9.76. The molecule has 152 valence electrons. The fourth-order valence-electron chi connectivity index (χ4n) is 4.47. The molecule has 0 amide bonds. The van der Waals surface area contributed by atoms with E-state index in [-0.39, 0.29) is 5.75 Å². The average Bonchev–Trinajstić information content (AvgIpc) is 3.23. The molecule has 5 rings (SSSR count). The van der Waals surface area contributed by atoms with Crippen LogP contribution in [-0.4, -0.2) is 33.6 Å². The minimum atomic E-state index is 0.274. The maximum absolute atomic E-state index is 9.76.